The number of ether oxygens (including phenoxy) is 1. The molecule has 0 aromatic heterocycles. The van der Waals surface area contributed by atoms with Crippen molar-refractivity contribution < 1.29 is 14.6 Å². The number of hydrogen-bond acceptors (Lipinski definition) is 4. The summed E-state index contributed by atoms with van der Waals surface area (Å²) >= 11 is 0. The summed E-state index contributed by atoms with van der Waals surface area (Å²) in [6, 6.07) is 6.70. The first-order valence-corrected chi connectivity index (χ1v) is 4.73. The molecule has 1 aromatic carbocycles. The van der Waals surface area contributed by atoms with Gasteiger partial charge in [0.2, 0.25) is 0 Å². The molecule has 1 aromatic rings. The van der Waals surface area contributed by atoms with Crippen LogP contribution in [0, 0.1) is 5.92 Å². The number of halogens is 1. The van der Waals surface area contributed by atoms with Crippen LogP contribution in [0.4, 0.5) is 0 Å². The van der Waals surface area contributed by atoms with Crippen LogP contribution in [0.2, 0.25) is 0 Å². The van der Waals surface area contributed by atoms with E-state index in [1.54, 1.807) is 24.3 Å². The summed E-state index contributed by atoms with van der Waals surface area (Å²) in [5.41, 5.74) is 6.43. The lowest BCUT2D eigenvalue weighted by Crippen LogP contribution is -2.26. The Labute approximate surface area is 101 Å². The van der Waals surface area contributed by atoms with Gasteiger partial charge < -0.3 is 15.6 Å². The summed E-state index contributed by atoms with van der Waals surface area (Å²) < 4.78 is 4.63. The van der Waals surface area contributed by atoms with Crippen molar-refractivity contribution in [1.29, 1.82) is 0 Å². The average molecular weight is 246 g/mol. The lowest BCUT2D eigenvalue weighted by atomic mass is 9.99. The van der Waals surface area contributed by atoms with Gasteiger partial charge in [0, 0.05) is 6.54 Å². The van der Waals surface area contributed by atoms with E-state index < -0.39 is 0 Å². The van der Waals surface area contributed by atoms with Gasteiger partial charge in [-0.25, -0.2) is 0 Å². The van der Waals surface area contributed by atoms with E-state index in [0.29, 0.717) is 6.42 Å². The van der Waals surface area contributed by atoms with E-state index in [0.717, 1.165) is 5.56 Å². The minimum Gasteiger partial charge on any atom is -0.508 e. The van der Waals surface area contributed by atoms with Crippen LogP contribution in [0.15, 0.2) is 24.3 Å². The fourth-order valence-corrected chi connectivity index (χ4v) is 1.35. The molecule has 1 atom stereocenters. The van der Waals surface area contributed by atoms with Crippen molar-refractivity contribution >= 4 is 18.4 Å². The second-order valence-corrected chi connectivity index (χ2v) is 3.33. The Balaban J connectivity index is 0.00000225. The summed E-state index contributed by atoms with van der Waals surface area (Å²) in [7, 11) is 1.35. The second kappa shape index (κ2) is 7.09. The third-order valence-corrected chi connectivity index (χ3v) is 2.24. The van der Waals surface area contributed by atoms with Crippen LogP contribution in [0.1, 0.15) is 5.56 Å². The van der Waals surface area contributed by atoms with Crippen LogP contribution in [-0.4, -0.2) is 24.7 Å². The second-order valence-electron chi connectivity index (χ2n) is 3.33. The number of carbonyl (C=O) groups is 1. The molecule has 0 radical (unpaired) electrons. The van der Waals surface area contributed by atoms with Gasteiger partial charge in [0.1, 0.15) is 5.75 Å². The normalized spacial score (nSPS) is 11.4. The molecule has 0 amide bonds. The van der Waals surface area contributed by atoms with Gasteiger partial charge in [-0.3, -0.25) is 4.79 Å². The lowest BCUT2D eigenvalue weighted by Gasteiger charge is -2.11. The molecule has 16 heavy (non-hydrogen) atoms. The molecule has 5 heteroatoms. The Bertz CT molecular complexity index is 327. The zero-order chi connectivity index (χ0) is 11.3. The number of hydrogen-bond donors (Lipinski definition) is 2. The molecule has 0 heterocycles. The van der Waals surface area contributed by atoms with Gasteiger partial charge >= 0.3 is 5.97 Å². The topological polar surface area (TPSA) is 72.5 Å². The fourth-order valence-electron chi connectivity index (χ4n) is 1.35. The molecule has 0 bridgehead atoms. The highest BCUT2D eigenvalue weighted by Crippen LogP contribution is 2.13. The number of methoxy groups -OCH3 is 1. The predicted octanol–water partition coefficient (Wildman–Crippen LogP) is 1.10. The summed E-state index contributed by atoms with van der Waals surface area (Å²) in [6.45, 7) is 0.257. The maximum absolute atomic E-state index is 11.3. The van der Waals surface area contributed by atoms with Gasteiger partial charge in [-0.15, -0.1) is 12.4 Å². The highest BCUT2D eigenvalue weighted by Gasteiger charge is 2.17. The maximum Gasteiger partial charge on any atom is 0.310 e. The lowest BCUT2D eigenvalue weighted by molar-refractivity contribution is -0.145. The van der Waals surface area contributed by atoms with E-state index in [-0.39, 0.29) is 36.6 Å². The highest BCUT2D eigenvalue weighted by atomic mass is 35.5. The van der Waals surface area contributed by atoms with Crippen LogP contribution in [-0.2, 0) is 16.0 Å². The third kappa shape index (κ3) is 4.08. The number of nitrogens with two attached hydrogens (primary N) is 1. The Kier molecular flexibility index (Phi) is 6.53. The van der Waals surface area contributed by atoms with Gasteiger partial charge in [-0.1, -0.05) is 12.1 Å². The van der Waals surface area contributed by atoms with Crippen molar-refractivity contribution in [2.24, 2.45) is 11.7 Å². The number of phenolic OH excluding ortho intramolecular Hbond substituents is 1. The van der Waals surface area contributed by atoms with E-state index in [4.69, 9.17) is 10.8 Å². The molecular weight excluding hydrogens is 230 g/mol. The molecule has 90 valence electrons. The number of phenols is 1. The van der Waals surface area contributed by atoms with Crippen LogP contribution in [0.25, 0.3) is 0 Å². The molecule has 4 nitrogen and oxygen atoms in total. The first-order valence-electron chi connectivity index (χ1n) is 4.73. The Morgan fingerprint density at radius 2 is 2.00 bits per heavy atom. The molecule has 0 saturated carbocycles. The molecule has 0 aliphatic heterocycles. The molecule has 0 spiro atoms. The smallest absolute Gasteiger partial charge is 0.310 e. The molecule has 0 aliphatic carbocycles. The van der Waals surface area contributed by atoms with Crippen molar-refractivity contribution in [1.82, 2.24) is 0 Å². The van der Waals surface area contributed by atoms with Crippen molar-refractivity contribution in [2.75, 3.05) is 13.7 Å². The van der Waals surface area contributed by atoms with Crippen molar-refractivity contribution in [3.05, 3.63) is 29.8 Å². The van der Waals surface area contributed by atoms with E-state index in [1.807, 2.05) is 0 Å². The number of esters is 1. The summed E-state index contributed by atoms with van der Waals surface area (Å²) in [6.07, 6.45) is 0.531. The zero-order valence-electron chi connectivity index (χ0n) is 9.05. The molecular formula is C11H16ClNO3. The van der Waals surface area contributed by atoms with E-state index in [2.05, 4.69) is 4.74 Å². The molecule has 0 aliphatic rings. The average Bonchev–Trinajstić information content (AvgIpc) is 2.27. The minimum atomic E-state index is -0.320. The number of benzene rings is 1. The highest BCUT2D eigenvalue weighted by molar-refractivity contribution is 5.85. The van der Waals surface area contributed by atoms with E-state index in [9.17, 15) is 4.79 Å². The van der Waals surface area contributed by atoms with Crippen LogP contribution in [0.5, 0.6) is 5.75 Å². The molecule has 1 unspecified atom stereocenters. The largest absolute Gasteiger partial charge is 0.508 e. The summed E-state index contributed by atoms with van der Waals surface area (Å²) in [5, 5.41) is 9.09. The number of carbonyl (C=O) groups excluding carboxylic acids is 1. The maximum atomic E-state index is 11.3. The third-order valence-electron chi connectivity index (χ3n) is 2.24. The standard InChI is InChI=1S/C11H15NO3.ClH/c1-15-11(14)9(7-12)6-8-2-4-10(13)5-3-8;/h2-5,9,13H,6-7,12H2,1H3;1H. The Morgan fingerprint density at radius 3 is 2.44 bits per heavy atom. The van der Waals surface area contributed by atoms with E-state index in [1.165, 1.54) is 7.11 Å². The Morgan fingerprint density at radius 1 is 1.44 bits per heavy atom. The summed E-state index contributed by atoms with van der Waals surface area (Å²) in [4.78, 5) is 11.3. The minimum absolute atomic E-state index is 0. The van der Waals surface area contributed by atoms with Crippen molar-refractivity contribution in [3.8, 4) is 5.75 Å². The van der Waals surface area contributed by atoms with Crippen molar-refractivity contribution in [3.63, 3.8) is 0 Å². The van der Waals surface area contributed by atoms with Gasteiger partial charge in [-0.2, -0.15) is 0 Å². The SMILES string of the molecule is COC(=O)C(CN)Cc1ccc(O)cc1.Cl. The van der Waals surface area contributed by atoms with Crippen LogP contribution in [0.3, 0.4) is 0 Å². The fraction of sp³-hybridized carbons (Fsp3) is 0.364. The zero-order valence-corrected chi connectivity index (χ0v) is 9.87. The van der Waals surface area contributed by atoms with Gasteiger partial charge in [0.15, 0.2) is 0 Å². The molecule has 1 rings (SSSR count). The first kappa shape index (κ1) is 14.7. The molecule has 0 saturated heterocycles. The van der Waals surface area contributed by atoms with Gasteiger partial charge in [0.25, 0.3) is 0 Å². The quantitative estimate of drug-likeness (QED) is 0.780. The van der Waals surface area contributed by atoms with Gasteiger partial charge in [0.05, 0.1) is 13.0 Å². The summed E-state index contributed by atoms with van der Waals surface area (Å²) in [5.74, 6) is -0.411. The monoisotopic (exact) mass is 245 g/mol. The molecule has 0 fully saturated rings. The molecule has 3 N–H and O–H groups in total. The predicted molar refractivity (Wildman–Crippen MR) is 63.6 cm³/mol. The number of aromatic hydroxyl groups is 1. The Hall–Kier alpha value is -1.26. The van der Waals surface area contributed by atoms with Crippen LogP contribution < -0.4 is 5.73 Å². The van der Waals surface area contributed by atoms with E-state index >= 15 is 0 Å². The number of rotatable bonds is 4. The van der Waals surface area contributed by atoms with Crippen LogP contribution >= 0.6 is 12.4 Å². The van der Waals surface area contributed by atoms with Crippen molar-refractivity contribution in [2.45, 2.75) is 6.42 Å². The first-order chi connectivity index (χ1) is 7.17. The van der Waals surface area contributed by atoms with Gasteiger partial charge in [-0.05, 0) is 24.1 Å².